The maximum absolute atomic E-state index is 11.8. The molecule has 0 aliphatic carbocycles. The molecule has 17 heavy (non-hydrogen) atoms. The Morgan fingerprint density at radius 3 is 2.94 bits per heavy atom. The van der Waals surface area contributed by atoms with Crippen molar-refractivity contribution in [1.29, 1.82) is 0 Å². The number of imidazole rings is 1. The molecule has 90 valence electrons. The summed E-state index contributed by atoms with van der Waals surface area (Å²) in [6, 6.07) is 1.54. The zero-order valence-corrected chi connectivity index (χ0v) is 10.2. The van der Waals surface area contributed by atoms with E-state index >= 15 is 0 Å². The lowest BCUT2D eigenvalue weighted by Gasteiger charge is -2.04. The number of anilines is 1. The van der Waals surface area contributed by atoms with Crippen LogP contribution < -0.4 is 5.73 Å². The Bertz CT molecular complexity index is 593. The van der Waals surface area contributed by atoms with Crippen LogP contribution in [0.5, 0.6) is 0 Å². The molecule has 2 aromatic rings. The first kappa shape index (κ1) is 11.7. The lowest BCUT2D eigenvalue weighted by molar-refractivity contribution is 0.0517. The molecule has 2 rings (SSSR count). The second kappa shape index (κ2) is 4.21. The largest absolute Gasteiger partial charge is 0.461 e. The summed E-state index contributed by atoms with van der Waals surface area (Å²) in [7, 11) is 0. The standard InChI is InChI=1S/C10H11ClN4O2/c1-3-17-9(16)8-5(2)13-7-4-6(11)14-10(12)15(7)8/h4H,3H2,1-2H3,(H2,12,14). The van der Waals surface area contributed by atoms with E-state index in [0.29, 0.717) is 11.3 Å². The molecule has 0 aliphatic rings. The van der Waals surface area contributed by atoms with E-state index in [0.717, 1.165) is 0 Å². The number of nitrogens with zero attached hydrogens (tertiary/aromatic N) is 3. The van der Waals surface area contributed by atoms with Crippen LogP contribution in [0.4, 0.5) is 5.95 Å². The number of halogens is 1. The summed E-state index contributed by atoms with van der Waals surface area (Å²) in [5.74, 6) is -0.371. The Hall–Kier alpha value is -1.82. The van der Waals surface area contributed by atoms with Crippen LogP contribution in [0.15, 0.2) is 6.07 Å². The zero-order chi connectivity index (χ0) is 12.6. The fourth-order valence-corrected chi connectivity index (χ4v) is 1.80. The molecule has 0 atom stereocenters. The van der Waals surface area contributed by atoms with Crippen molar-refractivity contribution in [2.75, 3.05) is 12.3 Å². The predicted octanol–water partition coefficient (Wildman–Crippen LogP) is 1.45. The summed E-state index contributed by atoms with van der Waals surface area (Å²) in [5, 5.41) is 0.232. The van der Waals surface area contributed by atoms with Gasteiger partial charge in [-0.05, 0) is 13.8 Å². The lowest BCUT2D eigenvalue weighted by atomic mass is 10.3. The minimum atomic E-state index is -0.478. The van der Waals surface area contributed by atoms with Crippen molar-refractivity contribution in [2.24, 2.45) is 0 Å². The third-order valence-corrected chi connectivity index (χ3v) is 2.44. The Labute approximate surface area is 102 Å². The van der Waals surface area contributed by atoms with E-state index < -0.39 is 5.97 Å². The summed E-state index contributed by atoms with van der Waals surface area (Å²) >= 11 is 5.77. The van der Waals surface area contributed by atoms with Crippen LogP contribution in [0.1, 0.15) is 23.1 Å². The third kappa shape index (κ3) is 1.91. The van der Waals surface area contributed by atoms with Gasteiger partial charge >= 0.3 is 5.97 Å². The number of aryl methyl sites for hydroxylation is 1. The predicted molar refractivity (Wildman–Crippen MR) is 63.1 cm³/mol. The van der Waals surface area contributed by atoms with Crippen LogP contribution in [0.2, 0.25) is 5.15 Å². The number of rotatable bonds is 2. The summed E-state index contributed by atoms with van der Waals surface area (Å²) in [6.45, 7) is 3.72. The maximum Gasteiger partial charge on any atom is 0.357 e. The first-order valence-electron chi connectivity index (χ1n) is 5.02. The van der Waals surface area contributed by atoms with Crippen LogP contribution in [-0.4, -0.2) is 26.9 Å². The van der Waals surface area contributed by atoms with Crippen LogP contribution in [0.3, 0.4) is 0 Å². The summed E-state index contributed by atoms with van der Waals surface area (Å²) < 4.78 is 6.37. The van der Waals surface area contributed by atoms with Gasteiger partial charge in [0, 0.05) is 6.07 Å². The SMILES string of the molecule is CCOC(=O)c1c(C)nc2cc(Cl)nc(N)n12. The van der Waals surface area contributed by atoms with Gasteiger partial charge in [-0.15, -0.1) is 0 Å². The highest BCUT2D eigenvalue weighted by molar-refractivity contribution is 6.29. The first-order chi connectivity index (χ1) is 8.04. The van der Waals surface area contributed by atoms with Crippen molar-refractivity contribution in [3.63, 3.8) is 0 Å². The first-order valence-corrected chi connectivity index (χ1v) is 5.40. The molecular weight excluding hydrogens is 244 g/mol. The van der Waals surface area contributed by atoms with E-state index in [1.54, 1.807) is 13.8 Å². The third-order valence-electron chi connectivity index (χ3n) is 2.25. The van der Waals surface area contributed by atoms with Crippen LogP contribution in [0.25, 0.3) is 5.65 Å². The second-order valence-corrected chi connectivity index (χ2v) is 3.78. The molecule has 0 saturated heterocycles. The number of esters is 1. The molecule has 0 fully saturated rings. The minimum Gasteiger partial charge on any atom is -0.461 e. The Morgan fingerprint density at radius 2 is 2.29 bits per heavy atom. The molecule has 0 amide bonds. The van der Waals surface area contributed by atoms with Gasteiger partial charge in [0.15, 0.2) is 5.69 Å². The topological polar surface area (TPSA) is 82.5 Å². The molecular formula is C10H11ClN4O2. The smallest absolute Gasteiger partial charge is 0.357 e. The van der Waals surface area contributed by atoms with E-state index in [1.807, 2.05) is 0 Å². The average Bonchev–Trinajstić information content (AvgIpc) is 2.54. The zero-order valence-electron chi connectivity index (χ0n) is 9.40. The number of hydrogen-bond donors (Lipinski definition) is 1. The molecule has 6 nitrogen and oxygen atoms in total. The average molecular weight is 255 g/mol. The molecule has 0 bridgehead atoms. The fraction of sp³-hybridized carbons (Fsp3) is 0.300. The molecule has 0 aliphatic heterocycles. The molecule has 2 heterocycles. The molecule has 0 saturated carbocycles. The minimum absolute atomic E-state index is 0.108. The van der Waals surface area contributed by atoms with Gasteiger partial charge in [0.05, 0.1) is 12.3 Å². The van der Waals surface area contributed by atoms with Gasteiger partial charge in [-0.25, -0.2) is 14.8 Å². The molecule has 7 heteroatoms. The molecule has 0 spiro atoms. The molecule has 2 N–H and O–H groups in total. The van der Waals surface area contributed by atoms with E-state index in [4.69, 9.17) is 22.1 Å². The van der Waals surface area contributed by atoms with Crippen molar-refractivity contribution in [2.45, 2.75) is 13.8 Å². The maximum atomic E-state index is 11.8. The van der Waals surface area contributed by atoms with Crippen molar-refractivity contribution in [3.05, 3.63) is 22.6 Å². The highest BCUT2D eigenvalue weighted by Crippen LogP contribution is 2.19. The summed E-state index contributed by atoms with van der Waals surface area (Å²) in [5.41, 5.74) is 7.01. The number of ether oxygens (including phenoxy) is 1. The van der Waals surface area contributed by atoms with Gasteiger partial charge < -0.3 is 10.5 Å². The number of fused-ring (bicyclic) bond motifs is 1. The van der Waals surface area contributed by atoms with Gasteiger partial charge in [-0.3, -0.25) is 4.40 Å². The fourth-order valence-electron chi connectivity index (χ4n) is 1.62. The van der Waals surface area contributed by atoms with Crippen molar-refractivity contribution < 1.29 is 9.53 Å². The highest BCUT2D eigenvalue weighted by atomic mass is 35.5. The van der Waals surface area contributed by atoms with Crippen LogP contribution in [0, 0.1) is 6.92 Å². The van der Waals surface area contributed by atoms with E-state index in [1.165, 1.54) is 10.5 Å². The number of hydrogen-bond acceptors (Lipinski definition) is 5. The van der Waals surface area contributed by atoms with Crippen LogP contribution in [-0.2, 0) is 4.74 Å². The highest BCUT2D eigenvalue weighted by Gasteiger charge is 2.20. The second-order valence-electron chi connectivity index (χ2n) is 3.40. The lowest BCUT2D eigenvalue weighted by Crippen LogP contribution is -2.12. The Kier molecular flexibility index (Phi) is 2.89. The molecule has 0 unspecified atom stereocenters. The number of carbonyl (C=O) groups is 1. The molecule has 0 aromatic carbocycles. The van der Waals surface area contributed by atoms with Gasteiger partial charge in [0.2, 0.25) is 5.95 Å². The van der Waals surface area contributed by atoms with Crippen molar-refractivity contribution >= 4 is 29.2 Å². The normalized spacial score (nSPS) is 10.8. The summed E-state index contributed by atoms with van der Waals surface area (Å²) in [6.07, 6.45) is 0. The van der Waals surface area contributed by atoms with E-state index in [-0.39, 0.29) is 23.4 Å². The van der Waals surface area contributed by atoms with E-state index in [9.17, 15) is 4.79 Å². The summed E-state index contributed by atoms with van der Waals surface area (Å²) in [4.78, 5) is 19.9. The number of carbonyl (C=O) groups excluding carboxylic acids is 1. The number of nitrogens with two attached hydrogens (primary N) is 1. The number of nitrogen functional groups attached to an aromatic ring is 1. The van der Waals surface area contributed by atoms with Crippen molar-refractivity contribution in [1.82, 2.24) is 14.4 Å². The molecule has 2 aromatic heterocycles. The van der Waals surface area contributed by atoms with Gasteiger partial charge in [0.25, 0.3) is 0 Å². The van der Waals surface area contributed by atoms with Crippen molar-refractivity contribution in [3.8, 4) is 0 Å². The van der Waals surface area contributed by atoms with Gasteiger partial charge in [0.1, 0.15) is 10.8 Å². The Morgan fingerprint density at radius 1 is 1.59 bits per heavy atom. The van der Waals surface area contributed by atoms with Crippen LogP contribution >= 0.6 is 11.6 Å². The number of aromatic nitrogens is 3. The van der Waals surface area contributed by atoms with E-state index in [2.05, 4.69) is 9.97 Å². The molecule has 0 radical (unpaired) electrons. The van der Waals surface area contributed by atoms with Gasteiger partial charge in [-0.1, -0.05) is 11.6 Å². The van der Waals surface area contributed by atoms with Gasteiger partial charge in [-0.2, -0.15) is 0 Å². The Balaban J connectivity index is 2.71. The quantitative estimate of drug-likeness (QED) is 0.648. The monoisotopic (exact) mass is 254 g/mol.